The van der Waals surface area contributed by atoms with Gasteiger partial charge in [-0.2, -0.15) is 5.10 Å². The standard InChI is InChI=1S/C13H10ClN3O5/c14-12-5-8(17(20)21)1-4-11(12)13(19)16-15-6-9-2-3-10(7-18)22-9/h1-6,18H,7H2,(H,16,19)/b15-6+. The summed E-state index contributed by atoms with van der Waals surface area (Å²) in [6.45, 7) is -0.237. The van der Waals surface area contributed by atoms with E-state index in [2.05, 4.69) is 10.5 Å². The quantitative estimate of drug-likeness (QED) is 0.496. The van der Waals surface area contributed by atoms with Gasteiger partial charge in [0.25, 0.3) is 11.6 Å². The van der Waals surface area contributed by atoms with E-state index in [1.807, 2.05) is 0 Å². The molecule has 2 rings (SSSR count). The summed E-state index contributed by atoms with van der Waals surface area (Å²) in [7, 11) is 0. The van der Waals surface area contributed by atoms with Crippen molar-refractivity contribution in [2.45, 2.75) is 6.61 Å². The van der Waals surface area contributed by atoms with Crippen LogP contribution < -0.4 is 5.43 Å². The summed E-state index contributed by atoms with van der Waals surface area (Å²) < 4.78 is 5.13. The molecule has 2 N–H and O–H groups in total. The van der Waals surface area contributed by atoms with Gasteiger partial charge < -0.3 is 9.52 Å². The molecule has 0 fully saturated rings. The van der Waals surface area contributed by atoms with Crippen LogP contribution in [-0.2, 0) is 6.61 Å². The molecule has 9 heteroatoms. The third-order valence-corrected chi connectivity index (χ3v) is 2.92. The molecule has 1 heterocycles. The molecule has 0 saturated carbocycles. The maximum atomic E-state index is 11.8. The number of carbonyl (C=O) groups is 1. The van der Waals surface area contributed by atoms with Gasteiger partial charge in [-0.05, 0) is 18.2 Å². The van der Waals surface area contributed by atoms with Gasteiger partial charge in [-0.1, -0.05) is 11.6 Å². The molecule has 0 spiro atoms. The number of nitro groups is 1. The van der Waals surface area contributed by atoms with Crippen LogP contribution in [0.2, 0.25) is 5.02 Å². The van der Waals surface area contributed by atoms with E-state index in [0.717, 1.165) is 6.07 Å². The monoisotopic (exact) mass is 323 g/mol. The van der Waals surface area contributed by atoms with Gasteiger partial charge in [0.1, 0.15) is 18.1 Å². The zero-order chi connectivity index (χ0) is 16.1. The van der Waals surface area contributed by atoms with Crippen LogP contribution in [-0.4, -0.2) is 22.2 Å². The Morgan fingerprint density at radius 3 is 2.82 bits per heavy atom. The van der Waals surface area contributed by atoms with E-state index >= 15 is 0 Å². The third kappa shape index (κ3) is 3.68. The van der Waals surface area contributed by atoms with Gasteiger partial charge in [-0.15, -0.1) is 0 Å². The van der Waals surface area contributed by atoms with Crippen molar-refractivity contribution in [2.24, 2.45) is 5.10 Å². The van der Waals surface area contributed by atoms with Crippen LogP contribution in [0.4, 0.5) is 5.69 Å². The number of aliphatic hydroxyl groups is 1. The molecule has 1 aromatic carbocycles. The fraction of sp³-hybridized carbons (Fsp3) is 0.0769. The van der Waals surface area contributed by atoms with E-state index in [-0.39, 0.29) is 22.9 Å². The highest BCUT2D eigenvalue weighted by atomic mass is 35.5. The van der Waals surface area contributed by atoms with Crippen molar-refractivity contribution >= 4 is 29.4 Å². The number of hydrogen-bond donors (Lipinski definition) is 2. The second kappa shape index (κ2) is 6.83. The van der Waals surface area contributed by atoms with Crippen LogP contribution in [0, 0.1) is 10.1 Å². The number of nitrogens with one attached hydrogen (secondary N) is 1. The fourth-order valence-corrected chi connectivity index (χ4v) is 1.83. The van der Waals surface area contributed by atoms with E-state index in [4.69, 9.17) is 21.1 Å². The van der Waals surface area contributed by atoms with Gasteiger partial charge >= 0.3 is 0 Å². The predicted molar refractivity (Wildman–Crippen MR) is 77.8 cm³/mol. The number of benzene rings is 1. The van der Waals surface area contributed by atoms with E-state index in [0.29, 0.717) is 11.5 Å². The van der Waals surface area contributed by atoms with Gasteiger partial charge in [0, 0.05) is 12.1 Å². The molecule has 0 aliphatic carbocycles. The Morgan fingerprint density at radius 1 is 1.45 bits per heavy atom. The lowest BCUT2D eigenvalue weighted by Gasteiger charge is -2.02. The van der Waals surface area contributed by atoms with E-state index in [1.54, 1.807) is 12.1 Å². The first-order valence-corrected chi connectivity index (χ1v) is 6.36. The zero-order valence-electron chi connectivity index (χ0n) is 11.0. The maximum absolute atomic E-state index is 11.8. The van der Waals surface area contributed by atoms with Gasteiger partial charge in [-0.25, -0.2) is 5.43 Å². The molecular weight excluding hydrogens is 314 g/mol. The molecule has 1 amide bonds. The third-order valence-electron chi connectivity index (χ3n) is 2.60. The smallest absolute Gasteiger partial charge is 0.272 e. The first kappa shape index (κ1) is 15.7. The molecule has 0 radical (unpaired) electrons. The molecule has 114 valence electrons. The number of nitrogens with zero attached hydrogens (tertiary/aromatic N) is 2. The Bertz CT molecular complexity index is 741. The van der Waals surface area contributed by atoms with Crippen LogP contribution >= 0.6 is 11.6 Å². The minimum Gasteiger partial charge on any atom is -0.458 e. The minimum atomic E-state index is -0.620. The Balaban J connectivity index is 2.04. The van der Waals surface area contributed by atoms with Crippen LogP contribution in [0.5, 0.6) is 0 Å². The van der Waals surface area contributed by atoms with Gasteiger partial charge in [0.05, 0.1) is 21.7 Å². The summed E-state index contributed by atoms with van der Waals surface area (Å²) in [5.74, 6) is 0.0930. The van der Waals surface area contributed by atoms with Crippen molar-refractivity contribution in [3.63, 3.8) is 0 Å². The largest absolute Gasteiger partial charge is 0.458 e. The molecule has 2 aromatic rings. The number of nitro benzene ring substituents is 1. The molecule has 0 aliphatic rings. The number of hydrazone groups is 1. The molecule has 1 aromatic heterocycles. The highest BCUT2D eigenvalue weighted by Crippen LogP contribution is 2.22. The molecule has 0 atom stereocenters. The Hall–Kier alpha value is -2.71. The molecule has 0 unspecified atom stereocenters. The number of furan rings is 1. The second-order valence-corrected chi connectivity index (χ2v) is 4.49. The van der Waals surface area contributed by atoms with Gasteiger partial charge in [0.15, 0.2) is 0 Å². The summed E-state index contributed by atoms with van der Waals surface area (Å²) >= 11 is 5.82. The van der Waals surface area contributed by atoms with Crippen LogP contribution in [0.3, 0.4) is 0 Å². The molecule has 0 bridgehead atoms. The average molecular weight is 324 g/mol. The topological polar surface area (TPSA) is 118 Å². The molecule has 0 aliphatic heterocycles. The van der Waals surface area contributed by atoms with Crippen molar-refractivity contribution in [2.75, 3.05) is 0 Å². The highest BCUT2D eigenvalue weighted by molar-refractivity contribution is 6.34. The number of halogens is 1. The zero-order valence-corrected chi connectivity index (χ0v) is 11.8. The lowest BCUT2D eigenvalue weighted by Crippen LogP contribution is -2.18. The Labute approximate surface area is 129 Å². The predicted octanol–water partition coefficient (Wildman–Crippen LogP) is 2.10. The summed E-state index contributed by atoms with van der Waals surface area (Å²) in [6, 6.07) is 6.63. The maximum Gasteiger partial charge on any atom is 0.272 e. The van der Waals surface area contributed by atoms with E-state index < -0.39 is 10.8 Å². The summed E-state index contributed by atoms with van der Waals surface area (Å²) in [5.41, 5.74) is 2.06. The lowest BCUT2D eigenvalue weighted by molar-refractivity contribution is -0.384. The van der Waals surface area contributed by atoms with Crippen molar-refractivity contribution in [1.29, 1.82) is 0 Å². The molecule has 0 saturated heterocycles. The lowest BCUT2D eigenvalue weighted by atomic mass is 10.2. The summed E-state index contributed by atoms with van der Waals surface area (Å²) in [6.07, 6.45) is 1.25. The molecule has 22 heavy (non-hydrogen) atoms. The number of non-ortho nitro benzene ring substituents is 1. The van der Waals surface area contributed by atoms with Gasteiger partial charge in [-0.3, -0.25) is 14.9 Å². The normalized spacial score (nSPS) is 10.8. The number of carbonyl (C=O) groups excluding carboxylic acids is 1. The van der Waals surface area contributed by atoms with Crippen molar-refractivity contribution in [1.82, 2.24) is 5.43 Å². The van der Waals surface area contributed by atoms with Gasteiger partial charge in [0.2, 0.25) is 0 Å². The Kier molecular flexibility index (Phi) is 4.87. The number of rotatable bonds is 5. The second-order valence-electron chi connectivity index (χ2n) is 4.08. The molecule has 8 nitrogen and oxygen atoms in total. The highest BCUT2D eigenvalue weighted by Gasteiger charge is 2.14. The minimum absolute atomic E-state index is 0.0533. The summed E-state index contributed by atoms with van der Waals surface area (Å²) in [4.78, 5) is 21.8. The van der Waals surface area contributed by atoms with Crippen molar-refractivity contribution in [3.8, 4) is 0 Å². The average Bonchev–Trinajstić information content (AvgIpc) is 2.94. The first-order chi connectivity index (χ1) is 10.5. The fourth-order valence-electron chi connectivity index (χ4n) is 1.57. The molecular formula is C13H10ClN3O5. The van der Waals surface area contributed by atoms with Crippen LogP contribution in [0.1, 0.15) is 21.9 Å². The van der Waals surface area contributed by atoms with Crippen molar-refractivity contribution < 1.29 is 19.2 Å². The van der Waals surface area contributed by atoms with E-state index in [9.17, 15) is 14.9 Å². The van der Waals surface area contributed by atoms with Crippen molar-refractivity contribution in [3.05, 3.63) is 62.6 Å². The number of amides is 1. The number of aliphatic hydroxyl groups excluding tert-OH is 1. The first-order valence-electron chi connectivity index (χ1n) is 5.98. The SMILES string of the molecule is O=C(N/N=C/c1ccc(CO)o1)c1ccc([N+](=O)[O-])cc1Cl. The summed E-state index contributed by atoms with van der Waals surface area (Å²) in [5, 5.41) is 23.0. The van der Waals surface area contributed by atoms with Crippen LogP contribution in [0.15, 0.2) is 39.9 Å². The van der Waals surface area contributed by atoms with Crippen LogP contribution in [0.25, 0.3) is 0 Å². The van der Waals surface area contributed by atoms with E-state index in [1.165, 1.54) is 18.3 Å². The number of hydrogen-bond acceptors (Lipinski definition) is 6. The Morgan fingerprint density at radius 2 is 2.23 bits per heavy atom.